The highest BCUT2D eigenvalue weighted by atomic mass is 16.6. The van der Waals surface area contributed by atoms with Gasteiger partial charge < -0.3 is 23.7 Å². The molecule has 1 heterocycles. The molecule has 0 bridgehead atoms. The summed E-state index contributed by atoms with van der Waals surface area (Å²) in [7, 11) is 4.46. The Hall–Kier alpha value is -3.22. The van der Waals surface area contributed by atoms with Crippen LogP contribution in [0.15, 0.2) is 30.3 Å². The maximum Gasteiger partial charge on any atom is 0.208 e. The van der Waals surface area contributed by atoms with Gasteiger partial charge in [-0.25, -0.2) is 0 Å². The highest BCUT2D eigenvalue weighted by Gasteiger charge is 2.27. The molecule has 0 aliphatic carbocycles. The third-order valence-corrected chi connectivity index (χ3v) is 4.42. The van der Waals surface area contributed by atoms with Gasteiger partial charge in [-0.1, -0.05) is 12.1 Å². The van der Waals surface area contributed by atoms with Crippen LogP contribution < -0.4 is 23.7 Å². The van der Waals surface area contributed by atoms with Gasteiger partial charge in [-0.2, -0.15) is 0 Å². The second-order valence-corrected chi connectivity index (χ2v) is 6.09. The Labute approximate surface area is 163 Å². The van der Waals surface area contributed by atoms with Crippen LogP contribution in [0.3, 0.4) is 0 Å². The lowest BCUT2D eigenvalue weighted by molar-refractivity contribution is 0.0914. The standard InChI is InChI=1S/C21H22O7/c1-24-14-6-4-5-13(11-14)16(22)7-8-17(23)15-12-18-20(28-10-9-27-18)21(26-3)19(15)25-2/h4-6,11-12H,7-10H2,1-3H3. The summed E-state index contributed by atoms with van der Waals surface area (Å²) >= 11 is 0. The number of ketones is 2. The van der Waals surface area contributed by atoms with Crippen molar-refractivity contribution in [1.29, 1.82) is 0 Å². The fourth-order valence-corrected chi connectivity index (χ4v) is 3.04. The molecule has 1 aliphatic heterocycles. The van der Waals surface area contributed by atoms with E-state index in [4.69, 9.17) is 23.7 Å². The van der Waals surface area contributed by atoms with Gasteiger partial charge in [0, 0.05) is 18.4 Å². The lowest BCUT2D eigenvalue weighted by Crippen LogP contribution is -2.17. The van der Waals surface area contributed by atoms with E-state index in [1.807, 2.05) is 0 Å². The normalized spacial score (nSPS) is 12.2. The second kappa shape index (κ2) is 8.65. The highest BCUT2D eigenvalue weighted by Crippen LogP contribution is 2.48. The summed E-state index contributed by atoms with van der Waals surface area (Å²) in [5.74, 6) is 1.61. The largest absolute Gasteiger partial charge is 0.497 e. The Morgan fingerprint density at radius 3 is 2.32 bits per heavy atom. The van der Waals surface area contributed by atoms with E-state index in [0.29, 0.717) is 47.3 Å². The zero-order chi connectivity index (χ0) is 20.1. The molecule has 0 fully saturated rings. The van der Waals surface area contributed by atoms with Crippen LogP contribution >= 0.6 is 0 Å². The lowest BCUT2D eigenvalue weighted by Gasteiger charge is -2.23. The number of benzene rings is 2. The van der Waals surface area contributed by atoms with Gasteiger partial charge in [-0.3, -0.25) is 9.59 Å². The van der Waals surface area contributed by atoms with Gasteiger partial charge in [0.05, 0.1) is 26.9 Å². The van der Waals surface area contributed by atoms with E-state index in [0.717, 1.165) is 0 Å². The fraction of sp³-hybridized carbons (Fsp3) is 0.333. The van der Waals surface area contributed by atoms with Crippen LogP contribution in [-0.2, 0) is 0 Å². The van der Waals surface area contributed by atoms with Crippen LogP contribution in [0, 0.1) is 0 Å². The first-order valence-electron chi connectivity index (χ1n) is 8.84. The number of Topliss-reactive ketones (excluding diaryl/α,β-unsaturated/α-hetero) is 2. The van der Waals surface area contributed by atoms with Crippen molar-refractivity contribution < 1.29 is 33.3 Å². The van der Waals surface area contributed by atoms with Crippen molar-refractivity contribution in [3.05, 3.63) is 41.5 Å². The molecule has 0 spiro atoms. The fourth-order valence-electron chi connectivity index (χ4n) is 3.04. The molecule has 1 aliphatic rings. The predicted molar refractivity (Wildman–Crippen MR) is 101 cm³/mol. The molecule has 0 radical (unpaired) electrons. The third-order valence-electron chi connectivity index (χ3n) is 4.42. The molecule has 0 atom stereocenters. The molecule has 2 aromatic rings. The molecule has 0 N–H and O–H groups in total. The molecule has 3 rings (SSSR count). The first-order chi connectivity index (χ1) is 13.6. The molecule has 0 unspecified atom stereocenters. The topological polar surface area (TPSA) is 80.3 Å². The maximum atomic E-state index is 12.8. The van der Waals surface area contributed by atoms with Gasteiger partial charge in [0.1, 0.15) is 19.0 Å². The number of rotatable bonds is 8. The predicted octanol–water partition coefficient (Wildman–Crippen LogP) is 3.33. The number of fused-ring (bicyclic) bond motifs is 1. The van der Waals surface area contributed by atoms with Gasteiger partial charge >= 0.3 is 0 Å². The first-order valence-corrected chi connectivity index (χ1v) is 8.84. The summed E-state index contributed by atoms with van der Waals surface area (Å²) in [5.41, 5.74) is 0.793. The van der Waals surface area contributed by atoms with E-state index < -0.39 is 0 Å². The SMILES string of the molecule is COc1cccc(C(=O)CCC(=O)c2cc3c(c(OC)c2OC)OCCO3)c1. The number of carbonyl (C=O) groups is 2. The number of ether oxygens (including phenoxy) is 5. The quantitative estimate of drug-likeness (QED) is 0.644. The molecule has 28 heavy (non-hydrogen) atoms. The molecule has 0 aromatic heterocycles. The van der Waals surface area contributed by atoms with Crippen molar-refractivity contribution in [2.24, 2.45) is 0 Å². The van der Waals surface area contributed by atoms with E-state index in [-0.39, 0.29) is 30.2 Å². The molecule has 7 heteroatoms. The van der Waals surface area contributed by atoms with Crippen LogP contribution in [0.1, 0.15) is 33.6 Å². The molecule has 7 nitrogen and oxygen atoms in total. The molecule has 148 valence electrons. The Bertz CT molecular complexity index is 889. The molecular formula is C21H22O7. The van der Waals surface area contributed by atoms with Gasteiger partial charge in [0.15, 0.2) is 23.1 Å². The Morgan fingerprint density at radius 2 is 1.61 bits per heavy atom. The second-order valence-electron chi connectivity index (χ2n) is 6.09. The third kappa shape index (κ3) is 3.88. The summed E-state index contributed by atoms with van der Waals surface area (Å²) in [5, 5.41) is 0. The number of carbonyl (C=O) groups excluding carboxylic acids is 2. The minimum atomic E-state index is -0.247. The van der Waals surface area contributed by atoms with Gasteiger partial charge in [0.25, 0.3) is 0 Å². The van der Waals surface area contributed by atoms with E-state index >= 15 is 0 Å². The van der Waals surface area contributed by atoms with E-state index in [9.17, 15) is 9.59 Å². The summed E-state index contributed by atoms with van der Waals surface area (Å²) in [6, 6.07) is 8.43. The summed E-state index contributed by atoms with van der Waals surface area (Å²) in [6.45, 7) is 0.763. The minimum Gasteiger partial charge on any atom is -0.497 e. The van der Waals surface area contributed by atoms with E-state index in [1.54, 1.807) is 30.3 Å². The van der Waals surface area contributed by atoms with E-state index in [2.05, 4.69) is 0 Å². The van der Waals surface area contributed by atoms with Crippen LogP contribution in [0.5, 0.6) is 28.7 Å². The molecular weight excluding hydrogens is 364 g/mol. The first kappa shape index (κ1) is 19.5. The zero-order valence-corrected chi connectivity index (χ0v) is 16.1. The van der Waals surface area contributed by atoms with Crippen molar-refractivity contribution in [1.82, 2.24) is 0 Å². The number of methoxy groups -OCH3 is 3. The molecule has 0 amide bonds. The summed E-state index contributed by atoms with van der Waals surface area (Å²) in [4.78, 5) is 25.3. The van der Waals surface area contributed by atoms with Gasteiger partial charge in [0.2, 0.25) is 11.5 Å². The molecule has 0 saturated carbocycles. The summed E-state index contributed by atoms with van der Waals surface area (Å²) in [6.07, 6.45) is 0.0844. The minimum absolute atomic E-state index is 0.0230. The van der Waals surface area contributed by atoms with Crippen molar-refractivity contribution >= 4 is 11.6 Å². The zero-order valence-electron chi connectivity index (χ0n) is 16.1. The summed E-state index contributed by atoms with van der Waals surface area (Å²) < 4.78 is 27.1. The Balaban J connectivity index is 1.81. The van der Waals surface area contributed by atoms with Crippen LogP contribution in [-0.4, -0.2) is 46.1 Å². The Kier molecular flexibility index (Phi) is 6.03. The van der Waals surface area contributed by atoms with Crippen molar-refractivity contribution in [3.8, 4) is 28.7 Å². The van der Waals surface area contributed by atoms with Crippen molar-refractivity contribution in [2.75, 3.05) is 34.5 Å². The van der Waals surface area contributed by atoms with Crippen LogP contribution in [0.4, 0.5) is 0 Å². The smallest absolute Gasteiger partial charge is 0.208 e. The maximum absolute atomic E-state index is 12.8. The average molecular weight is 386 g/mol. The molecule has 0 saturated heterocycles. The van der Waals surface area contributed by atoms with Gasteiger partial charge in [-0.05, 0) is 18.2 Å². The van der Waals surface area contributed by atoms with Crippen molar-refractivity contribution in [3.63, 3.8) is 0 Å². The number of hydrogen-bond donors (Lipinski definition) is 0. The van der Waals surface area contributed by atoms with E-state index in [1.165, 1.54) is 21.3 Å². The van der Waals surface area contributed by atoms with Crippen LogP contribution in [0.25, 0.3) is 0 Å². The highest BCUT2D eigenvalue weighted by molar-refractivity contribution is 6.04. The Morgan fingerprint density at radius 1 is 0.893 bits per heavy atom. The average Bonchev–Trinajstić information content (AvgIpc) is 2.75. The monoisotopic (exact) mass is 386 g/mol. The lowest BCUT2D eigenvalue weighted by atomic mass is 10.00. The number of hydrogen-bond acceptors (Lipinski definition) is 7. The van der Waals surface area contributed by atoms with Crippen molar-refractivity contribution in [2.45, 2.75) is 12.8 Å². The van der Waals surface area contributed by atoms with Gasteiger partial charge in [-0.15, -0.1) is 0 Å². The van der Waals surface area contributed by atoms with Crippen LogP contribution in [0.2, 0.25) is 0 Å². The molecule has 2 aromatic carbocycles.